The molecule has 0 aliphatic heterocycles. The minimum absolute atomic E-state index is 0.447. The van der Waals surface area contributed by atoms with Gasteiger partial charge >= 0.3 is 5.97 Å². The molecule has 0 heterocycles. The third-order valence-corrected chi connectivity index (χ3v) is 2.08. The van der Waals surface area contributed by atoms with Crippen LogP contribution in [-0.4, -0.2) is 18.2 Å². The van der Waals surface area contributed by atoms with Gasteiger partial charge in [-0.25, -0.2) is 4.79 Å². The second-order valence-electron chi connectivity index (χ2n) is 2.76. The van der Waals surface area contributed by atoms with Crippen molar-refractivity contribution < 1.29 is 9.53 Å². The van der Waals surface area contributed by atoms with Crippen LogP contribution >= 0.6 is 23.8 Å². The number of halogens is 1. The van der Waals surface area contributed by atoms with Crippen molar-refractivity contribution in [3.63, 3.8) is 0 Å². The van der Waals surface area contributed by atoms with E-state index in [1.165, 1.54) is 13.2 Å². The molecule has 0 amide bonds. The number of carbonyl (C=O) groups excluding carboxylic acids is 1. The molecule has 0 saturated carbocycles. The third-order valence-electron chi connectivity index (χ3n) is 1.76. The molecule has 0 spiro atoms. The Morgan fingerprint density at radius 3 is 3.00 bits per heavy atom. The molecule has 1 rings (SSSR count). The molecule has 0 saturated heterocycles. The average Bonchev–Trinajstić information content (AvgIpc) is 2.29. The van der Waals surface area contributed by atoms with Gasteiger partial charge in [-0.2, -0.15) is 4.99 Å². The predicted molar refractivity (Wildman–Crippen MR) is 67.2 cm³/mol. The minimum Gasteiger partial charge on any atom is -0.466 e. The first-order valence-electron chi connectivity index (χ1n) is 4.31. The van der Waals surface area contributed by atoms with Gasteiger partial charge in [0.2, 0.25) is 0 Å². The summed E-state index contributed by atoms with van der Waals surface area (Å²) < 4.78 is 4.48. The van der Waals surface area contributed by atoms with Crippen LogP contribution in [0.1, 0.15) is 5.56 Å². The maximum Gasteiger partial charge on any atom is 0.330 e. The summed E-state index contributed by atoms with van der Waals surface area (Å²) >= 11 is 10.3. The number of hydrogen-bond acceptors (Lipinski definition) is 4. The Morgan fingerprint density at radius 1 is 1.62 bits per heavy atom. The van der Waals surface area contributed by atoms with Gasteiger partial charge in [-0.15, -0.1) is 0 Å². The van der Waals surface area contributed by atoms with E-state index in [9.17, 15) is 4.79 Å². The van der Waals surface area contributed by atoms with E-state index in [-0.39, 0.29) is 0 Å². The highest BCUT2D eigenvalue weighted by molar-refractivity contribution is 7.78. The fourth-order valence-corrected chi connectivity index (χ4v) is 1.31. The van der Waals surface area contributed by atoms with Gasteiger partial charge in [0.25, 0.3) is 0 Å². The fraction of sp³-hybridized carbons (Fsp3) is 0.0909. The van der Waals surface area contributed by atoms with E-state index in [0.717, 1.165) is 0 Å². The topological polar surface area (TPSA) is 38.7 Å². The normalized spacial score (nSPS) is 9.88. The Hall–Kier alpha value is -1.48. The van der Waals surface area contributed by atoms with Crippen molar-refractivity contribution in [2.45, 2.75) is 0 Å². The number of carbonyl (C=O) groups is 1. The summed E-state index contributed by atoms with van der Waals surface area (Å²) in [5.74, 6) is -0.447. The molecule has 16 heavy (non-hydrogen) atoms. The van der Waals surface area contributed by atoms with Crippen LogP contribution in [0.5, 0.6) is 0 Å². The SMILES string of the molecule is COC(=O)/C=C/c1cc(Cl)ccc1N=C=S. The lowest BCUT2D eigenvalue weighted by Gasteiger charge is -1.99. The monoisotopic (exact) mass is 253 g/mol. The molecule has 5 heteroatoms. The van der Waals surface area contributed by atoms with Gasteiger partial charge < -0.3 is 4.74 Å². The van der Waals surface area contributed by atoms with Gasteiger partial charge in [0.05, 0.1) is 18.0 Å². The summed E-state index contributed by atoms with van der Waals surface area (Å²) in [6, 6.07) is 5.05. The van der Waals surface area contributed by atoms with E-state index in [0.29, 0.717) is 16.3 Å². The lowest BCUT2D eigenvalue weighted by Crippen LogP contribution is -1.93. The largest absolute Gasteiger partial charge is 0.466 e. The van der Waals surface area contributed by atoms with E-state index in [4.69, 9.17) is 11.6 Å². The average molecular weight is 254 g/mol. The van der Waals surface area contributed by atoms with Crippen LogP contribution in [0.25, 0.3) is 6.08 Å². The number of aliphatic imine (C=N–C) groups is 1. The van der Waals surface area contributed by atoms with E-state index in [1.54, 1.807) is 24.3 Å². The number of ether oxygens (including phenoxy) is 1. The summed E-state index contributed by atoms with van der Waals surface area (Å²) in [5.41, 5.74) is 1.27. The maximum atomic E-state index is 10.9. The summed E-state index contributed by atoms with van der Waals surface area (Å²) in [7, 11) is 1.31. The lowest BCUT2D eigenvalue weighted by atomic mass is 10.1. The minimum atomic E-state index is -0.447. The molecular formula is C11H8ClNO2S. The standard InChI is InChI=1S/C11H8ClNO2S/c1-15-11(14)5-2-8-6-9(12)3-4-10(8)13-7-16/h2-6H,1H3/b5-2+. The number of hydrogen-bond donors (Lipinski definition) is 0. The number of isothiocyanates is 1. The molecule has 0 bridgehead atoms. The molecule has 0 fully saturated rings. The van der Waals surface area contributed by atoms with Gasteiger partial charge in [-0.1, -0.05) is 11.6 Å². The molecule has 3 nitrogen and oxygen atoms in total. The van der Waals surface area contributed by atoms with Crippen LogP contribution in [0.4, 0.5) is 5.69 Å². The van der Waals surface area contributed by atoms with E-state index >= 15 is 0 Å². The number of esters is 1. The van der Waals surface area contributed by atoms with Crippen molar-refractivity contribution in [3.05, 3.63) is 34.9 Å². The van der Waals surface area contributed by atoms with Gasteiger partial charge in [0.15, 0.2) is 0 Å². The Bertz CT molecular complexity index is 479. The van der Waals surface area contributed by atoms with Crippen LogP contribution in [0.2, 0.25) is 5.02 Å². The molecule has 0 radical (unpaired) electrons. The predicted octanol–water partition coefficient (Wildman–Crippen LogP) is 3.26. The highest BCUT2D eigenvalue weighted by atomic mass is 35.5. The lowest BCUT2D eigenvalue weighted by molar-refractivity contribution is -0.134. The van der Waals surface area contributed by atoms with E-state index < -0.39 is 5.97 Å². The summed E-state index contributed by atoms with van der Waals surface area (Å²) in [6.07, 6.45) is 2.84. The number of methoxy groups -OCH3 is 1. The van der Waals surface area contributed by atoms with Crippen molar-refractivity contribution in [2.24, 2.45) is 4.99 Å². The van der Waals surface area contributed by atoms with Crippen molar-refractivity contribution >= 4 is 46.7 Å². The first kappa shape index (κ1) is 12.6. The third kappa shape index (κ3) is 3.59. The van der Waals surface area contributed by atoms with E-state index in [1.807, 2.05) is 0 Å². The smallest absolute Gasteiger partial charge is 0.330 e. The zero-order valence-electron chi connectivity index (χ0n) is 8.44. The highest BCUT2D eigenvalue weighted by Gasteiger charge is 2.00. The van der Waals surface area contributed by atoms with Crippen LogP contribution in [-0.2, 0) is 9.53 Å². The molecule has 0 aliphatic rings. The molecule has 82 valence electrons. The number of thiocarbonyl (C=S) groups is 1. The van der Waals surface area contributed by atoms with Gasteiger partial charge in [0, 0.05) is 16.7 Å². The van der Waals surface area contributed by atoms with Gasteiger partial charge in [-0.05, 0) is 36.5 Å². The van der Waals surface area contributed by atoms with Crippen LogP contribution in [0.15, 0.2) is 29.3 Å². The van der Waals surface area contributed by atoms with Crippen LogP contribution in [0, 0.1) is 0 Å². The maximum absolute atomic E-state index is 10.9. The van der Waals surface area contributed by atoms with Gasteiger partial charge in [0.1, 0.15) is 0 Å². The second kappa shape index (κ2) is 6.18. The first-order chi connectivity index (χ1) is 7.67. The molecule has 0 aliphatic carbocycles. The molecule has 0 aromatic heterocycles. The zero-order chi connectivity index (χ0) is 12.0. The van der Waals surface area contributed by atoms with E-state index in [2.05, 4.69) is 27.1 Å². The summed E-state index contributed by atoms with van der Waals surface area (Å²) in [6.45, 7) is 0. The van der Waals surface area contributed by atoms with Crippen LogP contribution < -0.4 is 0 Å². The zero-order valence-corrected chi connectivity index (χ0v) is 10.0. The highest BCUT2D eigenvalue weighted by Crippen LogP contribution is 2.24. The van der Waals surface area contributed by atoms with Crippen molar-refractivity contribution in [2.75, 3.05) is 7.11 Å². The molecule has 0 atom stereocenters. The van der Waals surface area contributed by atoms with Crippen LogP contribution in [0.3, 0.4) is 0 Å². The summed E-state index contributed by atoms with van der Waals surface area (Å²) in [4.78, 5) is 14.8. The number of benzene rings is 1. The van der Waals surface area contributed by atoms with Gasteiger partial charge in [-0.3, -0.25) is 0 Å². The summed E-state index contributed by atoms with van der Waals surface area (Å²) in [5, 5.41) is 2.81. The molecular weight excluding hydrogens is 246 g/mol. The number of rotatable bonds is 3. The Morgan fingerprint density at radius 2 is 2.38 bits per heavy atom. The Kier molecular flexibility index (Phi) is 4.86. The number of nitrogens with zero attached hydrogens (tertiary/aromatic N) is 1. The first-order valence-corrected chi connectivity index (χ1v) is 5.09. The quantitative estimate of drug-likeness (QED) is 0.359. The molecule has 1 aromatic rings. The van der Waals surface area contributed by atoms with Crippen molar-refractivity contribution in [1.82, 2.24) is 0 Å². The van der Waals surface area contributed by atoms with Crippen molar-refractivity contribution in [1.29, 1.82) is 0 Å². The fourth-order valence-electron chi connectivity index (χ4n) is 1.04. The second-order valence-corrected chi connectivity index (χ2v) is 3.38. The molecule has 0 unspecified atom stereocenters. The Labute approximate surface area is 103 Å². The Balaban J connectivity index is 3.10. The molecule has 0 N–H and O–H groups in total. The van der Waals surface area contributed by atoms with Crippen molar-refractivity contribution in [3.8, 4) is 0 Å². The molecule has 1 aromatic carbocycles.